The standard InChI is InChI=1S/C17H31NO4/c1-13-9-8-11-18(14(19)10-6-7-12-21-5)15(13)16(20)22-17(2,3)4/h13,15H,6-12H2,1-5H3/t13-,15+/m0/s1. The predicted molar refractivity (Wildman–Crippen MR) is 85.5 cm³/mol. The summed E-state index contributed by atoms with van der Waals surface area (Å²) >= 11 is 0. The van der Waals surface area contributed by atoms with Gasteiger partial charge in [-0.25, -0.2) is 4.79 Å². The van der Waals surface area contributed by atoms with Crippen LogP contribution in [0.5, 0.6) is 0 Å². The van der Waals surface area contributed by atoms with Crippen LogP contribution in [0.1, 0.15) is 59.8 Å². The quantitative estimate of drug-likeness (QED) is 0.559. The first kappa shape index (κ1) is 18.9. The number of carbonyl (C=O) groups is 2. The van der Waals surface area contributed by atoms with Gasteiger partial charge in [0, 0.05) is 26.7 Å². The minimum atomic E-state index is -0.526. The van der Waals surface area contributed by atoms with Crippen molar-refractivity contribution in [1.29, 1.82) is 0 Å². The lowest BCUT2D eigenvalue weighted by Gasteiger charge is -2.39. The summed E-state index contributed by atoms with van der Waals surface area (Å²) in [4.78, 5) is 26.7. The van der Waals surface area contributed by atoms with Crippen molar-refractivity contribution in [2.45, 2.75) is 71.4 Å². The molecule has 2 atom stereocenters. The molecular weight excluding hydrogens is 282 g/mol. The molecule has 1 heterocycles. The highest BCUT2D eigenvalue weighted by molar-refractivity contribution is 5.85. The van der Waals surface area contributed by atoms with Crippen LogP contribution in [0.2, 0.25) is 0 Å². The monoisotopic (exact) mass is 313 g/mol. The molecule has 0 spiro atoms. The second kappa shape index (κ2) is 8.51. The van der Waals surface area contributed by atoms with Gasteiger partial charge in [0.2, 0.25) is 5.91 Å². The van der Waals surface area contributed by atoms with E-state index >= 15 is 0 Å². The van der Waals surface area contributed by atoms with E-state index in [1.165, 1.54) is 0 Å². The summed E-state index contributed by atoms with van der Waals surface area (Å²) in [6.45, 7) is 8.91. The fraction of sp³-hybridized carbons (Fsp3) is 0.882. The number of likely N-dealkylation sites (tertiary alicyclic amines) is 1. The number of rotatable bonds is 6. The van der Waals surface area contributed by atoms with Gasteiger partial charge in [-0.15, -0.1) is 0 Å². The molecule has 5 nitrogen and oxygen atoms in total. The number of hydrogen-bond acceptors (Lipinski definition) is 4. The van der Waals surface area contributed by atoms with E-state index in [4.69, 9.17) is 9.47 Å². The van der Waals surface area contributed by atoms with Crippen LogP contribution in [0.4, 0.5) is 0 Å². The molecule has 1 saturated heterocycles. The van der Waals surface area contributed by atoms with E-state index in [0.29, 0.717) is 19.6 Å². The molecule has 0 aromatic heterocycles. The van der Waals surface area contributed by atoms with Gasteiger partial charge in [0.25, 0.3) is 0 Å². The summed E-state index contributed by atoms with van der Waals surface area (Å²) in [5.74, 6) is -0.0741. The van der Waals surface area contributed by atoms with E-state index in [0.717, 1.165) is 25.7 Å². The summed E-state index contributed by atoms with van der Waals surface area (Å²) in [5, 5.41) is 0. The van der Waals surface area contributed by atoms with Gasteiger partial charge < -0.3 is 14.4 Å². The van der Waals surface area contributed by atoms with Crippen molar-refractivity contribution in [3.63, 3.8) is 0 Å². The highest BCUT2D eigenvalue weighted by atomic mass is 16.6. The average Bonchev–Trinajstić information content (AvgIpc) is 2.41. The fourth-order valence-corrected chi connectivity index (χ4v) is 2.86. The Morgan fingerprint density at radius 1 is 1.23 bits per heavy atom. The van der Waals surface area contributed by atoms with E-state index in [1.54, 1.807) is 12.0 Å². The lowest BCUT2D eigenvalue weighted by atomic mass is 9.90. The van der Waals surface area contributed by atoms with Crippen molar-refractivity contribution in [3.8, 4) is 0 Å². The van der Waals surface area contributed by atoms with Gasteiger partial charge in [-0.3, -0.25) is 4.79 Å². The Kier molecular flexibility index (Phi) is 7.33. The van der Waals surface area contributed by atoms with Gasteiger partial charge in [-0.05, 0) is 52.4 Å². The SMILES string of the molecule is COCCCCC(=O)N1CCC[C@H](C)[C@@H]1C(=O)OC(C)(C)C. The molecule has 1 fully saturated rings. The summed E-state index contributed by atoms with van der Waals surface area (Å²) in [7, 11) is 1.66. The largest absolute Gasteiger partial charge is 0.458 e. The first-order chi connectivity index (χ1) is 10.3. The number of carbonyl (C=O) groups excluding carboxylic acids is 2. The van der Waals surface area contributed by atoms with Crippen molar-refractivity contribution >= 4 is 11.9 Å². The Morgan fingerprint density at radius 2 is 1.91 bits per heavy atom. The van der Waals surface area contributed by atoms with Gasteiger partial charge >= 0.3 is 5.97 Å². The van der Waals surface area contributed by atoms with Crippen molar-refractivity contribution < 1.29 is 19.1 Å². The molecule has 0 radical (unpaired) electrons. The zero-order chi connectivity index (χ0) is 16.8. The van der Waals surface area contributed by atoms with Crippen molar-refractivity contribution in [1.82, 2.24) is 4.90 Å². The number of esters is 1. The van der Waals surface area contributed by atoms with Gasteiger partial charge in [0.15, 0.2) is 0 Å². The van der Waals surface area contributed by atoms with Crippen LogP contribution in [-0.4, -0.2) is 48.7 Å². The van der Waals surface area contributed by atoms with Gasteiger partial charge in [0.05, 0.1) is 0 Å². The fourth-order valence-electron chi connectivity index (χ4n) is 2.86. The maximum atomic E-state index is 12.5. The van der Waals surface area contributed by atoms with Crippen LogP contribution in [0, 0.1) is 5.92 Å². The Balaban J connectivity index is 2.68. The molecule has 128 valence electrons. The van der Waals surface area contributed by atoms with E-state index in [-0.39, 0.29) is 17.8 Å². The lowest BCUT2D eigenvalue weighted by molar-refractivity contribution is -0.169. The Bertz CT molecular complexity index is 375. The highest BCUT2D eigenvalue weighted by Gasteiger charge is 2.39. The molecule has 1 aliphatic rings. The third kappa shape index (κ3) is 5.95. The predicted octanol–water partition coefficient (Wildman–Crippen LogP) is 2.77. The molecule has 1 rings (SSSR count). The van der Waals surface area contributed by atoms with Crippen molar-refractivity contribution in [2.75, 3.05) is 20.3 Å². The third-order valence-electron chi connectivity index (χ3n) is 3.89. The second-order valence-electron chi connectivity index (χ2n) is 7.13. The van der Waals surface area contributed by atoms with Crippen LogP contribution in [0.15, 0.2) is 0 Å². The highest BCUT2D eigenvalue weighted by Crippen LogP contribution is 2.26. The lowest BCUT2D eigenvalue weighted by Crippen LogP contribution is -2.53. The molecular formula is C17H31NO4. The number of ether oxygens (including phenoxy) is 2. The van der Waals surface area contributed by atoms with Crippen LogP contribution in [0.25, 0.3) is 0 Å². The second-order valence-corrected chi connectivity index (χ2v) is 7.13. The van der Waals surface area contributed by atoms with E-state index in [2.05, 4.69) is 0 Å². The van der Waals surface area contributed by atoms with E-state index in [1.807, 2.05) is 27.7 Å². The number of unbranched alkanes of at least 4 members (excludes halogenated alkanes) is 1. The first-order valence-electron chi connectivity index (χ1n) is 8.27. The maximum absolute atomic E-state index is 12.5. The summed E-state index contributed by atoms with van der Waals surface area (Å²) in [6, 6.07) is -0.442. The molecule has 0 N–H and O–H groups in total. The minimum absolute atomic E-state index is 0.0542. The molecule has 0 aliphatic carbocycles. The molecule has 0 bridgehead atoms. The van der Waals surface area contributed by atoms with Crippen molar-refractivity contribution in [3.05, 3.63) is 0 Å². The minimum Gasteiger partial charge on any atom is -0.458 e. The summed E-state index contributed by atoms with van der Waals surface area (Å²) in [6.07, 6.45) is 4.03. The Hall–Kier alpha value is -1.10. The first-order valence-corrected chi connectivity index (χ1v) is 8.27. The number of nitrogens with zero attached hydrogens (tertiary/aromatic N) is 1. The molecule has 1 aliphatic heterocycles. The number of amides is 1. The Morgan fingerprint density at radius 3 is 2.50 bits per heavy atom. The molecule has 0 unspecified atom stereocenters. The normalized spacial score (nSPS) is 22.5. The molecule has 1 amide bonds. The molecule has 0 saturated carbocycles. The van der Waals surface area contributed by atoms with Crippen LogP contribution in [-0.2, 0) is 19.1 Å². The summed E-state index contributed by atoms with van der Waals surface area (Å²) < 4.78 is 10.5. The zero-order valence-corrected chi connectivity index (χ0v) is 14.7. The third-order valence-corrected chi connectivity index (χ3v) is 3.89. The number of piperidine rings is 1. The molecule has 22 heavy (non-hydrogen) atoms. The van der Waals surface area contributed by atoms with Crippen molar-refractivity contribution in [2.24, 2.45) is 5.92 Å². The van der Waals surface area contributed by atoms with Crippen LogP contribution in [0.3, 0.4) is 0 Å². The molecule has 0 aromatic rings. The maximum Gasteiger partial charge on any atom is 0.329 e. The molecule has 5 heteroatoms. The number of hydrogen-bond donors (Lipinski definition) is 0. The van der Waals surface area contributed by atoms with E-state index in [9.17, 15) is 9.59 Å². The molecule has 0 aromatic carbocycles. The topological polar surface area (TPSA) is 55.8 Å². The average molecular weight is 313 g/mol. The van der Waals surface area contributed by atoms with Gasteiger partial charge in [0.1, 0.15) is 11.6 Å². The van der Waals surface area contributed by atoms with Gasteiger partial charge in [-0.1, -0.05) is 6.92 Å². The van der Waals surface area contributed by atoms with E-state index < -0.39 is 11.6 Å². The smallest absolute Gasteiger partial charge is 0.329 e. The van der Waals surface area contributed by atoms with Crippen LogP contribution >= 0.6 is 0 Å². The summed E-state index contributed by atoms with van der Waals surface area (Å²) in [5.41, 5.74) is -0.526. The van der Waals surface area contributed by atoms with Crippen LogP contribution < -0.4 is 0 Å². The zero-order valence-electron chi connectivity index (χ0n) is 14.7. The van der Waals surface area contributed by atoms with Gasteiger partial charge in [-0.2, -0.15) is 0 Å². The Labute approximate surface area is 134 Å². The number of methoxy groups -OCH3 is 1.